The number of anilines is 1. The van der Waals surface area contributed by atoms with Gasteiger partial charge in [-0.3, -0.25) is 10.1 Å². The summed E-state index contributed by atoms with van der Waals surface area (Å²) in [6, 6.07) is 6.37. The molecule has 7 nitrogen and oxygen atoms in total. The van der Waals surface area contributed by atoms with Crippen molar-refractivity contribution in [2.45, 2.75) is 13.5 Å². The Bertz CT molecular complexity index is 554. The smallest absolute Gasteiger partial charge is 0.311 e. The van der Waals surface area contributed by atoms with Crippen LogP contribution in [0.3, 0.4) is 0 Å². The number of nitro groups is 1. The minimum atomic E-state index is -0.467. The lowest BCUT2D eigenvalue weighted by atomic mass is 10.2. The summed E-state index contributed by atoms with van der Waals surface area (Å²) in [6.07, 6.45) is 1.55. The molecule has 0 aliphatic carbocycles. The summed E-state index contributed by atoms with van der Waals surface area (Å²) in [5.74, 6) is 0.923. The van der Waals surface area contributed by atoms with Crippen LogP contribution in [-0.4, -0.2) is 16.7 Å². The molecule has 1 heterocycles. The van der Waals surface area contributed by atoms with Crippen LogP contribution in [0.2, 0.25) is 0 Å². The van der Waals surface area contributed by atoms with Gasteiger partial charge < -0.3 is 14.6 Å². The van der Waals surface area contributed by atoms with E-state index in [9.17, 15) is 10.1 Å². The van der Waals surface area contributed by atoms with Gasteiger partial charge in [0.1, 0.15) is 0 Å². The molecule has 0 radical (unpaired) electrons. The molecule has 1 aromatic heterocycles. The first-order chi connectivity index (χ1) is 9.20. The predicted molar refractivity (Wildman–Crippen MR) is 68.1 cm³/mol. The van der Waals surface area contributed by atoms with Gasteiger partial charge in [0, 0.05) is 23.9 Å². The third-order valence-electron chi connectivity index (χ3n) is 2.41. The number of ether oxygens (including phenoxy) is 1. The third-order valence-corrected chi connectivity index (χ3v) is 2.41. The first kappa shape index (κ1) is 12.9. The van der Waals surface area contributed by atoms with Crippen molar-refractivity contribution in [3.05, 3.63) is 46.3 Å². The van der Waals surface area contributed by atoms with Gasteiger partial charge in [-0.05, 0) is 13.0 Å². The zero-order chi connectivity index (χ0) is 13.7. The van der Waals surface area contributed by atoms with Crippen LogP contribution in [0.5, 0.6) is 5.75 Å². The Hall–Kier alpha value is -2.57. The van der Waals surface area contributed by atoms with Gasteiger partial charge in [0.2, 0.25) is 0 Å². The second-order valence-corrected chi connectivity index (χ2v) is 3.70. The molecule has 0 fully saturated rings. The average Bonchev–Trinajstić information content (AvgIpc) is 2.90. The zero-order valence-corrected chi connectivity index (χ0v) is 10.3. The quantitative estimate of drug-likeness (QED) is 0.636. The van der Waals surface area contributed by atoms with Gasteiger partial charge in [0.25, 0.3) is 0 Å². The van der Waals surface area contributed by atoms with Crippen LogP contribution in [-0.2, 0) is 6.54 Å². The largest absolute Gasteiger partial charge is 0.487 e. The van der Waals surface area contributed by atoms with Crippen molar-refractivity contribution in [1.82, 2.24) is 5.16 Å². The molecule has 0 saturated carbocycles. The van der Waals surface area contributed by atoms with Crippen molar-refractivity contribution in [2.75, 3.05) is 11.9 Å². The molecule has 2 aromatic rings. The fourth-order valence-corrected chi connectivity index (χ4v) is 1.57. The van der Waals surface area contributed by atoms with Gasteiger partial charge in [-0.15, -0.1) is 0 Å². The van der Waals surface area contributed by atoms with E-state index in [1.807, 2.05) is 0 Å². The summed E-state index contributed by atoms with van der Waals surface area (Å²) < 4.78 is 10.2. The predicted octanol–water partition coefficient (Wildman–Crippen LogP) is 2.59. The molecule has 0 aliphatic heterocycles. The summed E-state index contributed by atoms with van der Waals surface area (Å²) in [7, 11) is 0. The van der Waals surface area contributed by atoms with Crippen LogP contribution < -0.4 is 10.1 Å². The van der Waals surface area contributed by atoms with Crippen molar-refractivity contribution < 1.29 is 14.2 Å². The van der Waals surface area contributed by atoms with Gasteiger partial charge in [0.15, 0.2) is 11.5 Å². The summed E-state index contributed by atoms with van der Waals surface area (Å²) >= 11 is 0. The van der Waals surface area contributed by atoms with Crippen LogP contribution in [0.1, 0.15) is 12.7 Å². The van der Waals surface area contributed by atoms with Gasteiger partial charge >= 0.3 is 5.69 Å². The lowest BCUT2D eigenvalue weighted by Crippen LogP contribution is -2.01. The maximum absolute atomic E-state index is 10.8. The first-order valence-electron chi connectivity index (χ1n) is 5.75. The van der Waals surface area contributed by atoms with Crippen molar-refractivity contribution in [2.24, 2.45) is 0 Å². The monoisotopic (exact) mass is 263 g/mol. The normalized spacial score (nSPS) is 10.2. The van der Waals surface area contributed by atoms with Crippen LogP contribution in [0.15, 0.2) is 35.0 Å². The summed E-state index contributed by atoms with van der Waals surface area (Å²) in [5, 5.41) is 17.5. The van der Waals surface area contributed by atoms with Gasteiger partial charge in [-0.1, -0.05) is 5.16 Å². The van der Waals surface area contributed by atoms with Crippen LogP contribution >= 0.6 is 0 Å². The molecule has 1 aromatic carbocycles. The van der Waals surface area contributed by atoms with Crippen molar-refractivity contribution in [1.29, 1.82) is 0 Å². The number of nitrogens with zero attached hydrogens (tertiary/aromatic N) is 2. The van der Waals surface area contributed by atoms with E-state index in [0.717, 1.165) is 0 Å². The van der Waals surface area contributed by atoms with Crippen LogP contribution in [0.4, 0.5) is 11.4 Å². The standard InChI is InChI=1S/C12H13N3O4/c1-2-18-12-7-9(3-4-11(12)15(16)17)13-8-10-5-6-14-19-10/h3-7,13H,2,8H2,1H3. The minimum Gasteiger partial charge on any atom is -0.487 e. The maximum atomic E-state index is 10.8. The fourth-order valence-electron chi connectivity index (χ4n) is 1.57. The number of benzene rings is 1. The topological polar surface area (TPSA) is 90.4 Å². The van der Waals surface area contributed by atoms with E-state index in [2.05, 4.69) is 10.5 Å². The van der Waals surface area contributed by atoms with Crippen molar-refractivity contribution in [3.63, 3.8) is 0 Å². The van der Waals surface area contributed by atoms with E-state index in [-0.39, 0.29) is 11.4 Å². The van der Waals surface area contributed by atoms with Crippen molar-refractivity contribution in [3.8, 4) is 5.75 Å². The van der Waals surface area contributed by atoms with E-state index in [1.165, 1.54) is 6.07 Å². The molecule has 0 unspecified atom stereocenters. The summed E-state index contributed by atoms with van der Waals surface area (Å²) in [5.41, 5.74) is 0.664. The Kier molecular flexibility index (Phi) is 3.97. The first-order valence-corrected chi connectivity index (χ1v) is 5.75. The number of hydrogen-bond acceptors (Lipinski definition) is 6. The van der Waals surface area contributed by atoms with Crippen LogP contribution in [0, 0.1) is 10.1 Å². The fraction of sp³-hybridized carbons (Fsp3) is 0.250. The molecule has 19 heavy (non-hydrogen) atoms. The highest BCUT2D eigenvalue weighted by atomic mass is 16.6. The highest BCUT2D eigenvalue weighted by Gasteiger charge is 2.15. The van der Waals surface area contributed by atoms with E-state index in [4.69, 9.17) is 9.26 Å². The molecule has 100 valence electrons. The zero-order valence-electron chi connectivity index (χ0n) is 10.3. The lowest BCUT2D eigenvalue weighted by molar-refractivity contribution is -0.385. The minimum absolute atomic E-state index is 0.0490. The lowest BCUT2D eigenvalue weighted by Gasteiger charge is -2.08. The Morgan fingerprint density at radius 3 is 2.95 bits per heavy atom. The van der Waals surface area contributed by atoms with Gasteiger partial charge in [0.05, 0.1) is 24.3 Å². The SMILES string of the molecule is CCOc1cc(NCc2ccno2)ccc1[N+](=O)[O-]. The third kappa shape index (κ3) is 3.21. The highest BCUT2D eigenvalue weighted by molar-refractivity contribution is 5.58. The molecule has 0 bridgehead atoms. The molecular formula is C12H13N3O4. The number of nitro benzene ring substituents is 1. The summed E-state index contributed by atoms with van der Waals surface area (Å²) in [4.78, 5) is 10.4. The molecule has 2 rings (SSSR count). The van der Waals surface area contributed by atoms with E-state index in [1.54, 1.807) is 31.3 Å². The molecule has 0 saturated heterocycles. The number of hydrogen-bond donors (Lipinski definition) is 1. The van der Waals surface area contributed by atoms with E-state index >= 15 is 0 Å². The Labute approximate surface area is 109 Å². The molecule has 1 N–H and O–H groups in total. The van der Waals surface area contributed by atoms with Crippen molar-refractivity contribution >= 4 is 11.4 Å². The second-order valence-electron chi connectivity index (χ2n) is 3.70. The molecule has 0 aliphatic rings. The summed E-state index contributed by atoms with van der Waals surface area (Å²) in [6.45, 7) is 2.59. The maximum Gasteiger partial charge on any atom is 0.311 e. The number of aromatic nitrogens is 1. The Morgan fingerprint density at radius 2 is 2.32 bits per heavy atom. The highest BCUT2D eigenvalue weighted by Crippen LogP contribution is 2.30. The van der Waals surface area contributed by atoms with Crippen LogP contribution in [0.25, 0.3) is 0 Å². The van der Waals surface area contributed by atoms with Gasteiger partial charge in [-0.25, -0.2) is 0 Å². The average molecular weight is 263 g/mol. The Morgan fingerprint density at radius 1 is 1.47 bits per heavy atom. The number of nitrogens with one attached hydrogen (secondary N) is 1. The molecule has 7 heteroatoms. The molecule has 0 atom stereocenters. The second kappa shape index (κ2) is 5.85. The number of rotatable bonds is 6. The molecule has 0 amide bonds. The Balaban J connectivity index is 2.13. The van der Waals surface area contributed by atoms with Gasteiger partial charge in [-0.2, -0.15) is 0 Å². The molecular weight excluding hydrogens is 250 g/mol. The van der Waals surface area contributed by atoms with E-state index < -0.39 is 4.92 Å². The van der Waals surface area contributed by atoms with E-state index in [0.29, 0.717) is 24.6 Å². The molecule has 0 spiro atoms.